The van der Waals surface area contributed by atoms with Gasteiger partial charge in [-0.3, -0.25) is 14.6 Å². The zero-order chi connectivity index (χ0) is 50.4. The van der Waals surface area contributed by atoms with Gasteiger partial charge in [-0.1, -0.05) is 54.9 Å². The van der Waals surface area contributed by atoms with Crippen LogP contribution in [0.3, 0.4) is 0 Å². The zero-order valence-electron chi connectivity index (χ0n) is 41.5. The molecular formula is C57H69ClF4N6O3. The lowest BCUT2D eigenvalue weighted by Crippen LogP contribution is -2.47. The van der Waals surface area contributed by atoms with E-state index in [0.717, 1.165) is 124 Å². The lowest BCUT2D eigenvalue weighted by Gasteiger charge is -2.36. The number of nitrogens with one attached hydrogen (secondary N) is 3. The number of anilines is 1. The first kappa shape index (κ1) is 53.2. The molecular weight excluding hydrogens is 928 g/mol. The Morgan fingerprint density at radius 3 is 2.27 bits per heavy atom. The monoisotopic (exact) mass is 997 g/mol. The van der Waals surface area contributed by atoms with Gasteiger partial charge in [0.2, 0.25) is 6.41 Å². The van der Waals surface area contributed by atoms with Crippen molar-refractivity contribution < 1.29 is 31.8 Å². The minimum Gasteiger partial charge on any atom is -0.496 e. The van der Waals surface area contributed by atoms with Gasteiger partial charge in [0.05, 0.1) is 12.7 Å². The summed E-state index contributed by atoms with van der Waals surface area (Å²) in [6, 6.07) is 31.2. The first-order chi connectivity index (χ1) is 34.2. The minimum atomic E-state index is -4.23. The number of benzene rings is 5. The lowest BCUT2D eigenvalue weighted by atomic mass is 9.90. The van der Waals surface area contributed by atoms with E-state index < -0.39 is 11.7 Å². The third-order valence-electron chi connectivity index (χ3n) is 13.7. The van der Waals surface area contributed by atoms with Gasteiger partial charge in [-0.15, -0.1) is 0 Å². The van der Waals surface area contributed by atoms with Crippen LogP contribution >= 0.6 is 11.6 Å². The molecule has 3 aliphatic rings. The van der Waals surface area contributed by atoms with Crippen molar-refractivity contribution in [3.63, 3.8) is 0 Å². The minimum absolute atomic E-state index is 0.206. The fourth-order valence-corrected chi connectivity index (χ4v) is 9.63. The fourth-order valence-electron chi connectivity index (χ4n) is 9.51. The summed E-state index contributed by atoms with van der Waals surface area (Å²) in [5.41, 5.74) is 8.18. The summed E-state index contributed by atoms with van der Waals surface area (Å²) in [6.45, 7) is 15.8. The molecule has 6 aromatic rings. The fraction of sp³-hybridized carbons (Fsp3) is 0.421. The molecule has 380 valence electrons. The van der Waals surface area contributed by atoms with Crippen LogP contribution < -0.4 is 25.4 Å². The predicted octanol–water partition coefficient (Wildman–Crippen LogP) is 12.1. The molecule has 5 aromatic carbocycles. The smallest absolute Gasteiger partial charge is 0.416 e. The average Bonchev–Trinajstić information content (AvgIpc) is 4.14. The maximum absolute atomic E-state index is 14.2. The number of alkyl halides is 3. The van der Waals surface area contributed by atoms with Gasteiger partial charge < -0.3 is 30.0 Å². The summed E-state index contributed by atoms with van der Waals surface area (Å²) in [5.74, 6) is 2.38. The van der Waals surface area contributed by atoms with Crippen LogP contribution in [-0.2, 0) is 30.5 Å². The van der Waals surface area contributed by atoms with E-state index in [1.165, 1.54) is 66.1 Å². The molecule has 71 heavy (non-hydrogen) atoms. The normalized spacial score (nSPS) is 16.0. The molecule has 1 saturated carbocycles. The molecule has 0 unspecified atom stereocenters. The second kappa shape index (κ2) is 25.2. The Labute approximate surface area is 421 Å². The van der Waals surface area contributed by atoms with Crippen LogP contribution in [-0.4, -0.2) is 92.4 Å². The number of piperazine rings is 1. The third-order valence-corrected chi connectivity index (χ3v) is 14.0. The molecule has 0 spiro atoms. The number of nitrogens with zero attached hydrogens (tertiary/aromatic N) is 3. The van der Waals surface area contributed by atoms with Crippen molar-refractivity contribution in [3.05, 3.63) is 148 Å². The highest BCUT2D eigenvalue weighted by Gasteiger charge is 2.31. The first-order valence-corrected chi connectivity index (χ1v) is 25.3. The Morgan fingerprint density at radius 2 is 1.61 bits per heavy atom. The number of fused-ring (bicyclic) bond motifs is 1. The highest BCUT2D eigenvalue weighted by molar-refractivity contribution is 6.30. The van der Waals surface area contributed by atoms with Crippen molar-refractivity contribution in [3.8, 4) is 22.6 Å². The van der Waals surface area contributed by atoms with Crippen molar-refractivity contribution in [2.45, 2.75) is 90.0 Å². The molecule has 14 heteroatoms. The van der Waals surface area contributed by atoms with Crippen molar-refractivity contribution in [1.82, 2.24) is 25.0 Å². The topological polar surface area (TPSA) is 83.0 Å². The number of aryl methyl sites for hydroxylation is 3. The molecule has 0 radical (unpaired) electrons. The van der Waals surface area contributed by atoms with E-state index in [4.69, 9.17) is 21.1 Å². The lowest BCUT2D eigenvalue weighted by molar-refractivity contribution is -0.137. The molecule has 1 aromatic heterocycles. The number of piperidine rings is 1. The van der Waals surface area contributed by atoms with Gasteiger partial charge in [0, 0.05) is 97.3 Å². The van der Waals surface area contributed by atoms with E-state index >= 15 is 0 Å². The van der Waals surface area contributed by atoms with Crippen LogP contribution in [0.25, 0.3) is 22.0 Å². The summed E-state index contributed by atoms with van der Waals surface area (Å²) in [5, 5.41) is 11.7. The zero-order valence-corrected chi connectivity index (χ0v) is 42.3. The van der Waals surface area contributed by atoms with Gasteiger partial charge in [-0.2, -0.15) is 13.2 Å². The summed E-state index contributed by atoms with van der Waals surface area (Å²) < 4.78 is 64.5. The number of methoxy groups -OCH3 is 1. The van der Waals surface area contributed by atoms with E-state index in [0.29, 0.717) is 23.7 Å². The Hall–Kier alpha value is -5.60. The highest BCUT2D eigenvalue weighted by atomic mass is 35.5. The Kier molecular flexibility index (Phi) is 18.9. The Morgan fingerprint density at radius 1 is 0.873 bits per heavy atom. The second-order valence-corrected chi connectivity index (χ2v) is 19.5. The SMILES string of the molecule is CCc1ccc(C(F)(F)F)cc1C.COc1cc(NC2(C)CCNCC2)ccc1C1CC1.O=CNCCCn1cc(-c2cccc(F)c2)c2c(CN3CCN(CCOc4ccc(Cl)cc4)CC3)cccc21. The molecule has 2 saturated heterocycles. The van der Waals surface area contributed by atoms with E-state index in [1.807, 2.05) is 37.3 Å². The molecule has 3 heterocycles. The number of carbonyl (C=O) groups excluding carboxylic acids is 1. The van der Waals surface area contributed by atoms with Gasteiger partial charge in [0.25, 0.3) is 0 Å². The third kappa shape index (κ3) is 15.2. The number of aromatic nitrogens is 1. The number of ether oxygens (including phenoxy) is 2. The van der Waals surface area contributed by atoms with Crippen LogP contribution in [0.4, 0.5) is 23.2 Å². The van der Waals surface area contributed by atoms with Crippen LogP contribution in [0.5, 0.6) is 11.5 Å². The number of rotatable bonds is 17. The molecule has 2 aliphatic heterocycles. The predicted molar refractivity (Wildman–Crippen MR) is 279 cm³/mol. The van der Waals surface area contributed by atoms with Crippen LogP contribution in [0.2, 0.25) is 5.02 Å². The summed E-state index contributed by atoms with van der Waals surface area (Å²) in [7, 11) is 1.78. The molecule has 0 bridgehead atoms. The highest BCUT2D eigenvalue weighted by Crippen LogP contribution is 2.45. The van der Waals surface area contributed by atoms with Gasteiger partial charge in [-0.25, -0.2) is 4.39 Å². The molecule has 3 fully saturated rings. The van der Waals surface area contributed by atoms with Gasteiger partial charge in [0.15, 0.2) is 0 Å². The van der Waals surface area contributed by atoms with Gasteiger partial charge in [0.1, 0.15) is 23.9 Å². The Bertz CT molecular complexity index is 2640. The van der Waals surface area contributed by atoms with Crippen molar-refractivity contribution in [2.24, 2.45) is 0 Å². The van der Waals surface area contributed by atoms with Crippen molar-refractivity contribution in [2.75, 3.05) is 71.4 Å². The summed E-state index contributed by atoms with van der Waals surface area (Å²) in [6.07, 6.45) is 5.18. The van der Waals surface area contributed by atoms with Gasteiger partial charge >= 0.3 is 6.18 Å². The molecule has 1 aliphatic carbocycles. The van der Waals surface area contributed by atoms with E-state index in [-0.39, 0.29) is 11.4 Å². The van der Waals surface area contributed by atoms with E-state index in [9.17, 15) is 22.4 Å². The Balaban J connectivity index is 0.000000190. The molecule has 1 amide bonds. The summed E-state index contributed by atoms with van der Waals surface area (Å²) in [4.78, 5) is 15.6. The average molecular weight is 998 g/mol. The number of hydrogen-bond acceptors (Lipinski definition) is 7. The van der Waals surface area contributed by atoms with Crippen molar-refractivity contribution in [1.29, 1.82) is 0 Å². The number of hydrogen-bond donors (Lipinski definition) is 3. The number of carbonyl (C=O) groups is 1. The largest absolute Gasteiger partial charge is 0.496 e. The number of amides is 1. The van der Waals surface area contributed by atoms with E-state index in [1.54, 1.807) is 26.2 Å². The molecule has 9 rings (SSSR count). The quantitative estimate of drug-likeness (QED) is 0.0477. The van der Waals surface area contributed by atoms with Crippen LogP contribution in [0, 0.1) is 12.7 Å². The number of halogens is 5. The second-order valence-electron chi connectivity index (χ2n) is 19.1. The van der Waals surface area contributed by atoms with Crippen LogP contribution in [0.1, 0.15) is 79.7 Å². The molecule has 3 N–H and O–H groups in total. The summed E-state index contributed by atoms with van der Waals surface area (Å²) >= 11 is 5.95. The first-order valence-electron chi connectivity index (χ1n) is 25.0. The van der Waals surface area contributed by atoms with E-state index in [2.05, 4.69) is 79.8 Å². The van der Waals surface area contributed by atoms with Gasteiger partial charge in [-0.05, 0) is 160 Å². The van der Waals surface area contributed by atoms with Crippen molar-refractivity contribution >= 4 is 34.6 Å². The van der Waals surface area contributed by atoms with Crippen LogP contribution in [0.15, 0.2) is 109 Å². The maximum Gasteiger partial charge on any atom is 0.416 e. The maximum atomic E-state index is 14.2. The molecule has 0 atom stereocenters. The molecule has 9 nitrogen and oxygen atoms in total. The standard InChI is InChI=1S/C31H34ClFN4O2.C16H24N2O.C10H11F3/c32-26-8-10-28(11-9-26)39-19-18-35-14-16-36(17-15-35)21-25-5-2-7-30-31(25)29(24-4-1-6-27(33)20-24)22-37(30)13-3-12-34-23-38;1-16(7-9-17-10-8-16)18-13-5-6-14(12-3-4-12)15(11-13)19-2;1-3-8-4-5-9(6-7(8)2)10(11,12)13/h1-2,4-11,20,22-23H,3,12-19,21H2,(H,34,38);5-6,11-12,17-18H,3-4,7-10H2,1-2H3;4-6H,3H2,1-2H3.